The fraction of sp³-hybridized carbons (Fsp3) is 0.583. The van der Waals surface area contributed by atoms with E-state index in [2.05, 4.69) is 12.2 Å². The zero-order valence-corrected chi connectivity index (χ0v) is 9.85. The molecule has 2 rings (SSSR count). The monoisotopic (exact) mass is 223 g/mol. The second-order valence-electron chi connectivity index (χ2n) is 4.30. The molecule has 0 radical (unpaired) electrons. The lowest BCUT2D eigenvalue weighted by molar-refractivity contribution is 0.0964. The number of Topliss-reactive ketones (excluding diaryl/α,β-unsaturated/α-hetero) is 1. The van der Waals surface area contributed by atoms with E-state index >= 15 is 0 Å². The first kappa shape index (κ1) is 10.8. The van der Waals surface area contributed by atoms with E-state index < -0.39 is 0 Å². The van der Waals surface area contributed by atoms with Gasteiger partial charge in [0.1, 0.15) is 0 Å². The minimum atomic E-state index is 0.289. The molecule has 2 atom stereocenters. The van der Waals surface area contributed by atoms with Crippen LogP contribution in [0.4, 0.5) is 0 Å². The minimum Gasteiger partial charge on any atom is -0.311 e. The van der Waals surface area contributed by atoms with E-state index in [9.17, 15) is 4.79 Å². The van der Waals surface area contributed by atoms with Crippen LogP contribution in [-0.2, 0) is 0 Å². The zero-order chi connectivity index (χ0) is 10.7. The van der Waals surface area contributed by atoms with Crippen molar-refractivity contribution < 1.29 is 4.79 Å². The first-order chi connectivity index (χ1) is 7.25. The number of carbonyl (C=O) groups is 1. The molecule has 2 heterocycles. The Bertz CT molecular complexity index is 320. The van der Waals surface area contributed by atoms with Crippen LogP contribution >= 0.6 is 11.3 Å². The summed E-state index contributed by atoms with van der Waals surface area (Å²) in [5.74, 6) is 0.289. The Balaban J connectivity index is 1.89. The Morgan fingerprint density at radius 1 is 1.60 bits per heavy atom. The number of piperidine rings is 1. The van der Waals surface area contributed by atoms with Crippen molar-refractivity contribution in [1.82, 2.24) is 5.32 Å². The van der Waals surface area contributed by atoms with Crippen molar-refractivity contribution in [1.29, 1.82) is 0 Å². The van der Waals surface area contributed by atoms with Gasteiger partial charge in [-0.3, -0.25) is 4.79 Å². The molecule has 1 N–H and O–H groups in total. The molecule has 0 saturated carbocycles. The summed E-state index contributed by atoms with van der Waals surface area (Å²) in [6, 6.07) is 4.82. The summed E-state index contributed by atoms with van der Waals surface area (Å²) in [5.41, 5.74) is 0. The highest BCUT2D eigenvalue weighted by Crippen LogP contribution is 2.18. The van der Waals surface area contributed by atoms with Crippen LogP contribution in [0.15, 0.2) is 17.5 Å². The van der Waals surface area contributed by atoms with Crippen LogP contribution in [0.3, 0.4) is 0 Å². The number of ketones is 1. The quantitative estimate of drug-likeness (QED) is 0.798. The van der Waals surface area contributed by atoms with Gasteiger partial charge in [-0.2, -0.15) is 0 Å². The molecule has 2 nitrogen and oxygen atoms in total. The van der Waals surface area contributed by atoms with Gasteiger partial charge in [0.15, 0.2) is 5.78 Å². The van der Waals surface area contributed by atoms with Crippen LogP contribution in [0.5, 0.6) is 0 Å². The van der Waals surface area contributed by atoms with Gasteiger partial charge in [0.2, 0.25) is 0 Å². The number of nitrogens with one attached hydrogen (secondary N) is 1. The maximum atomic E-state index is 11.9. The second kappa shape index (κ2) is 4.90. The Labute approximate surface area is 94.7 Å². The van der Waals surface area contributed by atoms with E-state index in [0.29, 0.717) is 18.5 Å². The fourth-order valence-corrected chi connectivity index (χ4v) is 2.84. The Kier molecular flexibility index (Phi) is 3.54. The number of hydrogen-bond donors (Lipinski definition) is 1. The number of rotatable bonds is 3. The molecule has 3 heteroatoms. The van der Waals surface area contributed by atoms with Gasteiger partial charge in [-0.05, 0) is 31.2 Å². The third-order valence-electron chi connectivity index (χ3n) is 2.94. The molecule has 1 aromatic heterocycles. The van der Waals surface area contributed by atoms with Gasteiger partial charge in [-0.1, -0.05) is 12.5 Å². The van der Waals surface area contributed by atoms with E-state index in [4.69, 9.17) is 0 Å². The summed E-state index contributed by atoms with van der Waals surface area (Å²) in [7, 11) is 0. The largest absolute Gasteiger partial charge is 0.311 e. The maximum Gasteiger partial charge on any atom is 0.174 e. The van der Waals surface area contributed by atoms with E-state index in [1.54, 1.807) is 11.3 Å². The molecule has 15 heavy (non-hydrogen) atoms. The zero-order valence-electron chi connectivity index (χ0n) is 9.03. The van der Waals surface area contributed by atoms with Gasteiger partial charge < -0.3 is 5.32 Å². The van der Waals surface area contributed by atoms with Crippen molar-refractivity contribution in [2.45, 2.75) is 44.7 Å². The summed E-state index contributed by atoms with van der Waals surface area (Å²) in [6.07, 6.45) is 4.28. The molecular formula is C12H17NOS. The van der Waals surface area contributed by atoms with Crippen molar-refractivity contribution in [3.8, 4) is 0 Å². The number of thiophene rings is 1. The Morgan fingerprint density at radius 2 is 2.47 bits per heavy atom. The fourth-order valence-electron chi connectivity index (χ4n) is 2.16. The molecule has 1 aromatic rings. The maximum absolute atomic E-state index is 11.9. The van der Waals surface area contributed by atoms with Crippen LogP contribution in [-0.4, -0.2) is 17.9 Å². The highest BCUT2D eigenvalue weighted by molar-refractivity contribution is 7.12. The molecule has 1 fully saturated rings. The van der Waals surface area contributed by atoms with Crippen molar-refractivity contribution in [2.24, 2.45) is 0 Å². The third kappa shape index (κ3) is 2.89. The number of hydrogen-bond acceptors (Lipinski definition) is 3. The van der Waals surface area contributed by atoms with Gasteiger partial charge in [-0.15, -0.1) is 11.3 Å². The summed E-state index contributed by atoms with van der Waals surface area (Å²) in [5, 5.41) is 5.46. The Hall–Kier alpha value is -0.670. The predicted octanol–water partition coefficient (Wildman–Crippen LogP) is 2.85. The predicted molar refractivity (Wildman–Crippen MR) is 63.5 cm³/mol. The lowest BCUT2D eigenvalue weighted by Crippen LogP contribution is -2.41. The average molecular weight is 223 g/mol. The van der Waals surface area contributed by atoms with Crippen LogP contribution in [0, 0.1) is 0 Å². The van der Waals surface area contributed by atoms with Gasteiger partial charge in [-0.25, -0.2) is 0 Å². The van der Waals surface area contributed by atoms with E-state index in [-0.39, 0.29) is 5.78 Å². The summed E-state index contributed by atoms with van der Waals surface area (Å²) >= 11 is 1.54. The van der Waals surface area contributed by atoms with Crippen molar-refractivity contribution in [3.63, 3.8) is 0 Å². The standard InChI is InChI=1S/C12H17NOS/c1-9-4-2-5-10(13-9)8-11(14)12-6-3-7-15-12/h3,6-7,9-10,13H,2,4-5,8H2,1H3. The average Bonchev–Trinajstić information content (AvgIpc) is 2.70. The number of carbonyl (C=O) groups excluding carboxylic acids is 1. The summed E-state index contributed by atoms with van der Waals surface area (Å²) in [6.45, 7) is 2.20. The molecule has 1 saturated heterocycles. The molecule has 0 amide bonds. The van der Waals surface area contributed by atoms with Crippen molar-refractivity contribution in [3.05, 3.63) is 22.4 Å². The molecule has 0 spiro atoms. The lowest BCUT2D eigenvalue weighted by atomic mass is 9.96. The molecule has 0 aliphatic carbocycles. The van der Waals surface area contributed by atoms with Gasteiger partial charge >= 0.3 is 0 Å². The SMILES string of the molecule is CC1CCCC(CC(=O)c2cccs2)N1. The lowest BCUT2D eigenvalue weighted by Gasteiger charge is -2.28. The van der Waals surface area contributed by atoms with Crippen LogP contribution in [0.2, 0.25) is 0 Å². The summed E-state index contributed by atoms with van der Waals surface area (Å²) in [4.78, 5) is 12.7. The van der Waals surface area contributed by atoms with Crippen LogP contribution in [0.25, 0.3) is 0 Å². The van der Waals surface area contributed by atoms with Crippen molar-refractivity contribution >= 4 is 17.1 Å². The van der Waals surface area contributed by atoms with Crippen LogP contribution in [0.1, 0.15) is 42.3 Å². The molecule has 1 aliphatic rings. The van der Waals surface area contributed by atoms with Gasteiger partial charge in [0.05, 0.1) is 4.88 Å². The molecule has 0 aromatic carbocycles. The molecule has 82 valence electrons. The molecular weight excluding hydrogens is 206 g/mol. The van der Waals surface area contributed by atoms with E-state index in [0.717, 1.165) is 11.3 Å². The topological polar surface area (TPSA) is 29.1 Å². The molecule has 1 aliphatic heterocycles. The van der Waals surface area contributed by atoms with E-state index in [1.807, 2.05) is 17.5 Å². The van der Waals surface area contributed by atoms with Crippen LogP contribution < -0.4 is 5.32 Å². The molecule has 0 bridgehead atoms. The summed E-state index contributed by atoms with van der Waals surface area (Å²) < 4.78 is 0. The highest BCUT2D eigenvalue weighted by Gasteiger charge is 2.21. The first-order valence-electron chi connectivity index (χ1n) is 5.58. The Morgan fingerprint density at radius 3 is 3.13 bits per heavy atom. The van der Waals surface area contributed by atoms with E-state index in [1.165, 1.54) is 12.8 Å². The normalized spacial score (nSPS) is 26.5. The molecule has 2 unspecified atom stereocenters. The second-order valence-corrected chi connectivity index (χ2v) is 5.25. The smallest absolute Gasteiger partial charge is 0.174 e. The first-order valence-corrected chi connectivity index (χ1v) is 6.46. The third-order valence-corrected chi connectivity index (χ3v) is 3.85. The van der Waals surface area contributed by atoms with Crippen molar-refractivity contribution in [2.75, 3.05) is 0 Å². The van der Waals surface area contributed by atoms with Gasteiger partial charge in [0.25, 0.3) is 0 Å². The highest BCUT2D eigenvalue weighted by atomic mass is 32.1. The van der Waals surface area contributed by atoms with Gasteiger partial charge in [0, 0.05) is 18.5 Å². The minimum absolute atomic E-state index is 0.289.